The van der Waals surface area contributed by atoms with Crippen molar-refractivity contribution >= 4 is 45.3 Å². The molecule has 0 radical (unpaired) electrons. The Bertz CT molecular complexity index is 1660. The molecule has 1 N–H and O–H groups in total. The molecule has 286 valence electrons. The lowest BCUT2D eigenvalue weighted by Crippen LogP contribution is -2.60. The number of ether oxygens (including phenoxy) is 3. The minimum atomic E-state index is -1.39. The number of halogens is 1. The first-order valence-electron chi connectivity index (χ1n) is 18.3. The minimum absolute atomic E-state index is 0.124. The number of amides is 3. The number of hydrogen-bond acceptors (Lipinski definition) is 8. The monoisotopic (exact) mass is 793 g/mol. The molecule has 2 bridgehead atoms. The molecule has 10 atom stereocenters. The lowest BCUT2D eigenvalue weighted by Gasteiger charge is -2.41. The van der Waals surface area contributed by atoms with E-state index in [4.69, 9.17) is 14.2 Å². The van der Waals surface area contributed by atoms with Crippen molar-refractivity contribution in [1.82, 2.24) is 9.80 Å². The lowest BCUT2D eigenvalue weighted by molar-refractivity contribution is -0.165. The van der Waals surface area contributed by atoms with E-state index >= 15 is 4.79 Å². The number of fused-ring (bicyclic) bond motifs is 1. The predicted octanol–water partition coefficient (Wildman–Crippen LogP) is 5.47. The third-order valence-electron chi connectivity index (χ3n) is 11.4. The van der Waals surface area contributed by atoms with Crippen molar-refractivity contribution in [3.8, 4) is 5.75 Å². The number of esters is 1. The molecular formula is C41H52BrN3O8. The summed E-state index contributed by atoms with van der Waals surface area (Å²) in [7, 11) is 3.24. The molecule has 0 saturated carbocycles. The molecule has 53 heavy (non-hydrogen) atoms. The summed E-state index contributed by atoms with van der Waals surface area (Å²) in [4.78, 5) is 62.0. The topological polar surface area (TPSA) is 126 Å². The standard InChI is InChI=1S/C41H52BrN3O8/c1-8-11-17-32(47)43(6)26(5)35(27-15-13-12-14-16-27)52-40(50)33-34-38(48)45(31(24-46)25(4)10-3)37(41(34)23-30(42)36(33)53-41)39(49)44(22-9-2)28-18-20-29(51-7)21-19-28/h8-9,12-16,18-21,25-26,30-31,33-37,46H,1-2,10-11,17,22-24H2,3-7H3/t25-,26+,30?,31-,33+,34-,35-,36+,37+,41-/m0/s1. The van der Waals surface area contributed by atoms with Crippen LogP contribution in [-0.4, -0.2) is 101 Å². The number of likely N-dealkylation sites (tertiary alicyclic amines) is 1. The van der Waals surface area contributed by atoms with Gasteiger partial charge in [0, 0.05) is 30.5 Å². The fraction of sp³-hybridized carbons (Fsp3) is 0.512. The van der Waals surface area contributed by atoms with E-state index < -0.39 is 65.6 Å². The molecule has 5 rings (SSSR count). The van der Waals surface area contributed by atoms with Crippen LogP contribution in [0.5, 0.6) is 5.75 Å². The van der Waals surface area contributed by atoms with Crippen molar-refractivity contribution in [2.24, 2.45) is 17.8 Å². The van der Waals surface area contributed by atoms with Crippen molar-refractivity contribution in [3.63, 3.8) is 0 Å². The summed E-state index contributed by atoms with van der Waals surface area (Å²) in [5.41, 5.74) is -0.137. The molecule has 3 heterocycles. The molecule has 3 saturated heterocycles. The Morgan fingerprint density at radius 3 is 2.38 bits per heavy atom. The van der Waals surface area contributed by atoms with E-state index in [9.17, 15) is 19.5 Å². The number of rotatable bonds is 17. The van der Waals surface area contributed by atoms with Gasteiger partial charge in [-0.2, -0.15) is 0 Å². The van der Waals surface area contributed by atoms with Crippen LogP contribution in [0.2, 0.25) is 0 Å². The third kappa shape index (κ3) is 7.42. The molecule has 3 aliphatic heterocycles. The van der Waals surface area contributed by atoms with E-state index in [2.05, 4.69) is 29.1 Å². The van der Waals surface area contributed by atoms with Crippen LogP contribution >= 0.6 is 15.9 Å². The van der Waals surface area contributed by atoms with E-state index in [0.717, 1.165) is 0 Å². The van der Waals surface area contributed by atoms with Crippen LogP contribution in [0.3, 0.4) is 0 Å². The predicted molar refractivity (Wildman–Crippen MR) is 205 cm³/mol. The number of benzene rings is 2. The average Bonchev–Trinajstić information content (AvgIpc) is 3.77. The number of aliphatic hydroxyl groups is 1. The Balaban J connectivity index is 1.57. The van der Waals surface area contributed by atoms with Gasteiger partial charge >= 0.3 is 5.97 Å². The Morgan fingerprint density at radius 2 is 1.79 bits per heavy atom. The van der Waals surface area contributed by atoms with Gasteiger partial charge in [-0.25, -0.2) is 0 Å². The molecule has 3 fully saturated rings. The van der Waals surface area contributed by atoms with Gasteiger partial charge in [0.2, 0.25) is 11.8 Å². The van der Waals surface area contributed by atoms with Gasteiger partial charge in [0.05, 0.1) is 43.7 Å². The second kappa shape index (κ2) is 17.0. The zero-order valence-electron chi connectivity index (χ0n) is 31.2. The summed E-state index contributed by atoms with van der Waals surface area (Å²) >= 11 is 3.76. The normalized spacial score (nSPS) is 26.6. The van der Waals surface area contributed by atoms with Crippen molar-refractivity contribution in [3.05, 3.63) is 85.5 Å². The van der Waals surface area contributed by atoms with Crippen LogP contribution in [0.25, 0.3) is 0 Å². The number of anilines is 1. The Labute approximate surface area is 321 Å². The number of allylic oxidation sites excluding steroid dienone is 1. The van der Waals surface area contributed by atoms with Crippen LogP contribution in [0, 0.1) is 17.8 Å². The summed E-state index contributed by atoms with van der Waals surface area (Å²) in [6.45, 7) is 13.1. The molecule has 1 spiro atoms. The highest BCUT2D eigenvalue weighted by Gasteiger charge is 2.78. The van der Waals surface area contributed by atoms with Gasteiger partial charge in [-0.3, -0.25) is 19.2 Å². The minimum Gasteiger partial charge on any atom is -0.497 e. The van der Waals surface area contributed by atoms with Crippen molar-refractivity contribution in [2.45, 2.75) is 87.2 Å². The summed E-state index contributed by atoms with van der Waals surface area (Å²) in [5.74, 6) is -3.29. The fourth-order valence-electron chi connectivity index (χ4n) is 8.27. The number of alkyl halides is 1. The van der Waals surface area contributed by atoms with Crippen molar-refractivity contribution in [2.75, 3.05) is 32.2 Å². The molecule has 11 nitrogen and oxygen atoms in total. The molecule has 1 unspecified atom stereocenters. The molecule has 0 aromatic heterocycles. The van der Waals surface area contributed by atoms with Crippen LogP contribution in [0.15, 0.2) is 79.9 Å². The third-order valence-corrected chi connectivity index (χ3v) is 12.3. The lowest BCUT2D eigenvalue weighted by atomic mass is 9.70. The maximum Gasteiger partial charge on any atom is 0.313 e. The SMILES string of the molecule is C=CCCC(=O)N(C)[C@H](C)[C@H](OC(=O)[C@H]1[C@@H]2O[C@@]3(CC2Br)[C@@H]1C(=O)N([C@@H](CO)[C@@H](C)CC)[C@@H]3C(=O)N(CC=C)c1ccc(OC)cc1)c1ccccc1. The highest BCUT2D eigenvalue weighted by molar-refractivity contribution is 9.09. The molecular weight excluding hydrogens is 742 g/mol. The number of carbonyl (C=O) groups excluding carboxylic acids is 4. The van der Waals surface area contributed by atoms with Crippen molar-refractivity contribution in [1.29, 1.82) is 0 Å². The zero-order valence-corrected chi connectivity index (χ0v) is 32.8. The molecule has 12 heteroatoms. The van der Waals surface area contributed by atoms with E-state index in [1.54, 1.807) is 60.4 Å². The van der Waals surface area contributed by atoms with Gasteiger partial charge in [0.25, 0.3) is 5.91 Å². The van der Waals surface area contributed by atoms with Crippen LogP contribution in [0.1, 0.15) is 58.1 Å². The fourth-order valence-corrected chi connectivity index (χ4v) is 9.22. The summed E-state index contributed by atoms with van der Waals surface area (Å²) in [6, 6.07) is 13.8. The zero-order chi connectivity index (χ0) is 38.6. The first-order valence-corrected chi connectivity index (χ1v) is 19.2. The van der Waals surface area contributed by atoms with E-state index in [-0.39, 0.29) is 42.6 Å². The Hall–Kier alpha value is -4.00. The molecule has 2 aromatic carbocycles. The van der Waals surface area contributed by atoms with Gasteiger partial charge in [-0.05, 0) is 55.5 Å². The van der Waals surface area contributed by atoms with Crippen LogP contribution < -0.4 is 9.64 Å². The summed E-state index contributed by atoms with van der Waals surface area (Å²) in [6.07, 6.45) is 3.35. The number of nitrogens with zero attached hydrogens (tertiary/aromatic N) is 3. The Kier molecular flexibility index (Phi) is 12.9. The maximum atomic E-state index is 15.1. The summed E-state index contributed by atoms with van der Waals surface area (Å²) in [5, 5.41) is 10.8. The number of carbonyl (C=O) groups is 4. The first-order chi connectivity index (χ1) is 25.4. The largest absolute Gasteiger partial charge is 0.497 e. The van der Waals surface area contributed by atoms with Gasteiger partial charge in [0.1, 0.15) is 23.5 Å². The Morgan fingerprint density at radius 1 is 1.11 bits per heavy atom. The van der Waals surface area contributed by atoms with Gasteiger partial charge in [0.15, 0.2) is 0 Å². The van der Waals surface area contributed by atoms with Crippen LogP contribution in [-0.2, 0) is 28.7 Å². The van der Waals surface area contributed by atoms with Gasteiger partial charge in [-0.1, -0.05) is 78.7 Å². The number of hydrogen-bond donors (Lipinski definition) is 1. The van der Waals surface area contributed by atoms with E-state index in [1.165, 1.54) is 4.90 Å². The molecule has 3 amide bonds. The highest BCUT2D eigenvalue weighted by Crippen LogP contribution is 2.61. The number of methoxy groups -OCH3 is 1. The second-order valence-corrected chi connectivity index (χ2v) is 15.5. The van der Waals surface area contributed by atoms with Gasteiger partial charge < -0.3 is 34.0 Å². The smallest absolute Gasteiger partial charge is 0.313 e. The summed E-state index contributed by atoms with van der Waals surface area (Å²) < 4.78 is 18.5. The van der Waals surface area contributed by atoms with Gasteiger partial charge in [-0.15, -0.1) is 13.2 Å². The molecule has 3 aliphatic rings. The quantitative estimate of drug-likeness (QED) is 0.127. The number of likely N-dealkylation sites (N-methyl/N-ethyl adjacent to an activating group) is 1. The van der Waals surface area contributed by atoms with Crippen LogP contribution in [0.4, 0.5) is 5.69 Å². The second-order valence-electron chi connectivity index (χ2n) is 14.3. The number of aliphatic hydroxyl groups excluding tert-OH is 1. The highest BCUT2D eigenvalue weighted by atomic mass is 79.9. The van der Waals surface area contributed by atoms with E-state index in [0.29, 0.717) is 29.8 Å². The van der Waals surface area contributed by atoms with Crippen molar-refractivity contribution < 1.29 is 38.5 Å². The average molecular weight is 795 g/mol. The van der Waals surface area contributed by atoms with E-state index in [1.807, 2.05) is 51.1 Å². The first kappa shape index (κ1) is 40.2. The molecule has 2 aromatic rings. The molecule has 0 aliphatic carbocycles. The maximum absolute atomic E-state index is 15.1.